The third-order valence-electron chi connectivity index (χ3n) is 8.84. The Morgan fingerprint density at radius 3 is 2.00 bits per heavy atom. The summed E-state index contributed by atoms with van der Waals surface area (Å²) in [6, 6.07) is 22.7. The normalized spacial score (nSPS) is 22.8. The minimum atomic E-state index is -1.06. The molecule has 3 aromatic rings. The number of hydrogen-bond acceptors (Lipinski definition) is 5. The van der Waals surface area contributed by atoms with Crippen molar-refractivity contribution in [2.45, 2.75) is 69.4 Å². The van der Waals surface area contributed by atoms with Crippen molar-refractivity contribution in [1.82, 2.24) is 5.32 Å². The van der Waals surface area contributed by atoms with Crippen LogP contribution in [0.25, 0.3) is 11.1 Å². The van der Waals surface area contributed by atoms with Crippen molar-refractivity contribution in [2.75, 3.05) is 6.61 Å². The molecule has 7 rings (SSSR count). The molecule has 0 aromatic heterocycles. The van der Waals surface area contributed by atoms with Crippen LogP contribution in [0.3, 0.4) is 0 Å². The number of ether oxygens (including phenoxy) is 2. The third-order valence-corrected chi connectivity index (χ3v) is 8.84. The van der Waals surface area contributed by atoms with Gasteiger partial charge in [0.15, 0.2) is 0 Å². The molecule has 0 unspecified atom stereocenters. The van der Waals surface area contributed by atoms with Crippen LogP contribution in [0, 0.1) is 5.41 Å². The van der Waals surface area contributed by atoms with Crippen LogP contribution in [0.1, 0.15) is 79.4 Å². The predicted octanol–water partition coefficient (Wildman–Crippen LogP) is 6.45. The molecular weight excluding hydrogens is 518 g/mol. The molecule has 1 amide bonds. The van der Waals surface area contributed by atoms with Gasteiger partial charge < -0.3 is 19.9 Å². The number of aliphatic carboxylic acids is 1. The maximum Gasteiger partial charge on any atom is 0.407 e. The first-order chi connectivity index (χ1) is 19.5. The molecule has 3 fully saturated rings. The molecule has 0 aliphatic heterocycles. The predicted molar refractivity (Wildman–Crippen MR) is 154 cm³/mol. The van der Waals surface area contributed by atoms with Gasteiger partial charge in [-0.25, -0.2) is 14.4 Å². The van der Waals surface area contributed by atoms with E-state index in [4.69, 9.17) is 9.47 Å². The van der Waals surface area contributed by atoms with Crippen LogP contribution in [0.15, 0.2) is 72.8 Å². The van der Waals surface area contributed by atoms with Crippen LogP contribution in [0.4, 0.5) is 4.79 Å². The molecule has 41 heavy (non-hydrogen) atoms. The van der Waals surface area contributed by atoms with Gasteiger partial charge in [0, 0.05) is 5.92 Å². The molecule has 1 atom stereocenters. The van der Waals surface area contributed by atoms with Crippen molar-refractivity contribution in [1.29, 1.82) is 0 Å². The van der Waals surface area contributed by atoms with Crippen LogP contribution < -0.4 is 5.32 Å². The monoisotopic (exact) mass is 553 g/mol. The summed E-state index contributed by atoms with van der Waals surface area (Å²) in [5, 5.41) is 12.5. The van der Waals surface area contributed by atoms with Crippen molar-refractivity contribution < 1.29 is 29.0 Å². The molecule has 2 bridgehead atoms. The summed E-state index contributed by atoms with van der Waals surface area (Å²) in [7, 11) is 0. The SMILES string of the molecule is CC(C)(C)OC(=O)c1ccc(C23CC(C[C@H](NC(=O)OCC4c5ccccc5-c5ccccc54)C(=O)O)(C2)C3)cc1. The highest BCUT2D eigenvalue weighted by molar-refractivity contribution is 5.89. The second-order valence-corrected chi connectivity index (χ2v) is 13.0. The summed E-state index contributed by atoms with van der Waals surface area (Å²) in [5.41, 5.74) is 5.51. The Labute approximate surface area is 239 Å². The Morgan fingerprint density at radius 1 is 0.902 bits per heavy atom. The Kier molecular flexibility index (Phi) is 6.44. The molecule has 3 aromatic carbocycles. The zero-order chi connectivity index (χ0) is 29.0. The molecule has 2 N–H and O–H groups in total. The van der Waals surface area contributed by atoms with Gasteiger partial charge in [0.25, 0.3) is 0 Å². The van der Waals surface area contributed by atoms with Crippen molar-refractivity contribution in [3.05, 3.63) is 95.1 Å². The van der Waals surface area contributed by atoms with Gasteiger partial charge >= 0.3 is 18.0 Å². The van der Waals surface area contributed by atoms with Gasteiger partial charge in [0.2, 0.25) is 0 Å². The molecule has 0 saturated heterocycles. The van der Waals surface area contributed by atoms with Gasteiger partial charge in [-0.05, 0) is 97.2 Å². The van der Waals surface area contributed by atoms with E-state index in [1.165, 1.54) is 0 Å². The number of esters is 1. The molecule has 3 saturated carbocycles. The topological polar surface area (TPSA) is 102 Å². The van der Waals surface area contributed by atoms with Gasteiger partial charge in [-0.3, -0.25) is 0 Å². The zero-order valence-electron chi connectivity index (χ0n) is 23.6. The summed E-state index contributed by atoms with van der Waals surface area (Å²) >= 11 is 0. The molecule has 212 valence electrons. The lowest BCUT2D eigenvalue weighted by Crippen LogP contribution is -2.66. The number of carbonyl (C=O) groups excluding carboxylic acids is 2. The fraction of sp³-hybridized carbons (Fsp3) is 0.382. The maximum absolute atomic E-state index is 12.8. The summed E-state index contributed by atoms with van der Waals surface area (Å²) in [4.78, 5) is 37.2. The number of benzene rings is 3. The van der Waals surface area contributed by atoms with Gasteiger partial charge in [-0.15, -0.1) is 0 Å². The quantitative estimate of drug-likeness (QED) is 0.311. The van der Waals surface area contributed by atoms with E-state index >= 15 is 0 Å². The number of fused-ring (bicyclic) bond motifs is 3. The Hall–Kier alpha value is -4.13. The average Bonchev–Trinajstić information content (AvgIpc) is 3.20. The van der Waals surface area contributed by atoms with E-state index in [9.17, 15) is 19.5 Å². The average molecular weight is 554 g/mol. The smallest absolute Gasteiger partial charge is 0.407 e. The van der Waals surface area contributed by atoms with E-state index in [0.717, 1.165) is 47.1 Å². The molecule has 7 nitrogen and oxygen atoms in total. The van der Waals surface area contributed by atoms with Crippen LogP contribution in [0.5, 0.6) is 0 Å². The molecule has 4 aliphatic rings. The minimum absolute atomic E-state index is 0.0132. The molecule has 4 aliphatic carbocycles. The number of rotatable bonds is 8. The highest BCUT2D eigenvalue weighted by Gasteiger charge is 2.68. The van der Waals surface area contributed by atoms with E-state index < -0.39 is 23.7 Å². The Bertz CT molecular complexity index is 1450. The fourth-order valence-electron chi connectivity index (χ4n) is 7.23. The Morgan fingerprint density at radius 2 is 1.46 bits per heavy atom. The van der Waals surface area contributed by atoms with Gasteiger partial charge in [0.05, 0.1) is 5.56 Å². The number of hydrogen-bond donors (Lipinski definition) is 2. The van der Waals surface area contributed by atoms with Crippen LogP contribution in [0.2, 0.25) is 0 Å². The van der Waals surface area contributed by atoms with Crippen molar-refractivity contribution in [3.63, 3.8) is 0 Å². The number of carboxylic acid groups (broad SMARTS) is 1. The number of alkyl carbamates (subject to hydrolysis) is 1. The fourth-order valence-corrected chi connectivity index (χ4v) is 7.23. The number of carbonyl (C=O) groups is 3. The first-order valence-electron chi connectivity index (χ1n) is 14.2. The van der Waals surface area contributed by atoms with E-state index in [-0.39, 0.29) is 29.3 Å². The van der Waals surface area contributed by atoms with Crippen LogP contribution in [-0.4, -0.2) is 41.4 Å². The van der Waals surface area contributed by atoms with Gasteiger partial charge in [-0.1, -0.05) is 60.7 Å². The van der Waals surface area contributed by atoms with Crippen molar-refractivity contribution in [2.24, 2.45) is 5.41 Å². The third kappa shape index (κ3) is 4.98. The lowest BCUT2D eigenvalue weighted by Gasteiger charge is -2.72. The molecule has 0 radical (unpaired) electrons. The first kappa shape index (κ1) is 27.1. The highest BCUT2D eigenvalue weighted by Crippen LogP contribution is 2.75. The Balaban J connectivity index is 1.04. The van der Waals surface area contributed by atoms with Crippen molar-refractivity contribution in [3.8, 4) is 11.1 Å². The molecule has 7 heteroatoms. The number of carboxylic acids is 1. The maximum atomic E-state index is 12.8. The second kappa shape index (κ2) is 9.75. The van der Waals surface area contributed by atoms with Crippen molar-refractivity contribution >= 4 is 18.0 Å². The van der Waals surface area contributed by atoms with Crippen LogP contribution >= 0.6 is 0 Å². The van der Waals surface area contributed by atoms with E-state index in [2.05, 4.69) is 17.4 Å². The van der Waals surface area contributed by atoms with Crippen LogP contribution in [-0.2, 0) is 19.7 Å². The molecular formula is C34H35NO6. The van der Waals surface area contributed by atoms with Gasteiger partial charge in [0.1, 0.15) is 18.2 Å². The van der Waals surface area contributed by atoms with E-state index in [1.807, 2.05) is 69.3 Å². The van der Waals surface area contributed by atoms with Gasteiger partial charge in [-0.2, -0.15) is 0 Å². The largest absolute Gasteiger partial charge is 0.480 e. The zero-order valence-corrected chi connectivity index (χ0v) is 23.6. The molecule has 0 heterocycles. The number of amides is 1. The second-order valence-electron chi connectivity index (χ2n) is 13.0. The lowest BCUT2D eigenvalue weighted by atomic mass is 9.32. The molecule has 0 spiro atoms. The minimum Gasteiger partial charge on any atom is -0.480 e. The number of nitrogens with one attached hydrogen (secondary N) is 1. The lowest BCUT2D eigenvalue weighted by molar-refractivity contribution is -0.162. The first-order valence-corrected chi connectivity index (χ1v) is 14.2. The van der Waals surface area contributed by atoms with E-state index in [1.54, 1.807) is 12.1 Å². The summed E-state index contributed by atoms with van der Waals surface area (Å²) in [6.45, 7) is 5.66. The highest BCUT2D eigenvalue weighted by atomic mass is 16.6. The van der Waals surface area contributed by atoms with E-state index in [0.29, 0.717) is 12.0 Å². The summed E-state index contributed by atoms with van der Waals surface area (Å²) in [6.07, 6.45) is 2.24. The summed E-state index contributed by atoms with van der Waals surface area (Å²) < 4.78 is 11.0. The summed E-state index contributed by atoms with van der Waals surface area (Å²) in [5.74, 6) is -1.49. The standard InChI is InChI=1S/C34H35NO6/c1-32(2,3)41-30(38)21-12-14-22(15-13-21)34-18-33(19-34,20-34)16-28(29(36)37)35-31(39)40-17-27-25-10-6-4-8-23(25)24-9-5-7-11-26(24)27/h4-15,27-28H,16-20H2,1-3H3,(H,35,39)(H,36,37)/t28-,33?,34?/m0/s1.